The first-order valence-corrected chi connectivity index (χ1v) is 6.88. The molecule has 0 bridgehead atoms. The van der Waals surface area contributed by atoms with E-state index in [0.29, 0.717) is 18.5 Å². The molecule has 0 aromatic heterocycles. The Hall–Kier alpha value is 0.330. The minimum Gasteiger partial charge on any atom is -0.396 e. The van der Waals surface area contributed by atoms with Gasteiger partial charge in [-0.1, -0.05) is 0 Å². The number of nitrogens with one attached hydrogen (secondary N) is 2. The van der Waals surface area contributed by atoms with Gasteiger partial charge in [-0.05, 0) is 28.1 Å². The Labute approximate surface area is 75.1 Å². The van der Waals surface area contributed by atoms with E-state index in [1.807, 2.05) is 0 Å². The van der Waals surface area contributed by atoms with Gasteiger partial charge in [0.2, 0.25) is 0 Å². The summed E-state index contributed by atoms with van der Waals surface area (Å²) in [5.41, 5.74) is 0.449. The molecule has 1 atom stereocenters. The molecule has 1 unspecified atom stereocenters. The van der Waals surface area contributed by atoms with E-state index in [4.69, 9.17) is 10.5 Å². The second-order valence-corrected chi connectivity index (χ2v) is 3.67. The van der Waals surface area contributed by atoms with Gasteiger partial charge < -0.3 is 15.6 Å². The molecule has 0 radical (unpaired) electrons. The van der Waals surface area contributed by atoms with Gasteiger partial charge in [-0.2, -0.15) is 0 Å². The van der Waals surface area contributed by atoms with Crippen LogP contribution in [0, 0.1) is 5.41 Å². The van der Waals surface area contributed by atoms with Crippen LogP contribution in [0.4, 0.5) is 0 Å². The molecule has 58 valence electrons. The van der Waals surface area contributed by atoms with Crippen LogP contribution in [-0.2, 0) is 0 Å². The highest BCUT2D eigenvalue weighted by atomic mass is 127. The van der Waals surface area contributed by atoms with Crippen molar-refractivity contribution < 1.29 is 5.11 Å². The van der Waals surface area contributed by atoms with Crippen LogP contribution in [0.25, 0.3) is 0 Å². The lowest BCUT2D eigenvalue weighted by atomic mass is 10.3. The highest BCUT2D eigenvalue weighted by Crippen LogP contribution is 2.13. The third-order valence-electron chi connectivity index (χ3n) is 0.804. The largest absolute Gasteiger partial charge is 0.396 e. The lowest BCUT2D eigenvalue weighted by molar-refractivity contribution is 0.307. The molecule has 0 spiro atoms. The number of rotatable bonds is 5. The zero-order chi connectivity index (χ0) is 7.82. The summed E-state index contributed by atoms with van der Waals surface area (Å²) < 4.78 is 0. The lowest BCUT2D eigenvalue weighted by Crippen LogP contribution is -1.96. The Kier molecular flexibility index (Phi) is 7.68. The SMILES string of the molecule is N=C(/C=C\NPI)CCO. The van der Waals surface area contributed by atoms with Gasteiger partial charge in [0.15, 0.2) is 0 Å². The van der Waals surface area contributed by atoms with Crippen LogP contribution in [0.3, 0.4) is 0 Å². The van der Waals surface area contributed by atoms with Crippen molar-refractivity contribution in [3.05, 3.63) is 12.3 Å². The Bertz CT molecular complexity index is 129. The molecule has 0 heterocycles. The van der Waals surface area contributed by atoms with E-state index in [0.717, 1.165) is 0 Å². The smallest absolute Gasteiger partial charge is 0.0486 e. The molecule has 0 rings (SSSR count). The third kappa shape index (κ3) is 6.45. The summed E-state index contributed by atoms with van der Waals surface area (Å²) >= 11 is 2.20. The molecular formula is C5H10IN2OP. The summed E-state index contributed by atoms with van der Waals surface area (Å²) in [7, 11) is 0. The van der Waals surface area contributed by atoms with Gasteiger partial charge in [-0.15, -0.1) is 0 Å². The van der Waals surface area contributed by atoms with E-state index in [1.54, 1.807) is 12.3 Å². The predicted octanol–water partition coefficient (Wildman–Crippen LogP) is 1.44. The maximum absolute atomic E-state index is 8.40. The van der Waals surface area contributed by atoms with E-state index >= 15 is 0 Å². The van der Waals surface area contributed by atoms with Crippen LogP contribution in [0.2, 0.25) is 0 Å². The highest BCUT2D eigenvalue weighted by molar-refractivity contribution is 14.2. The van der Waals surface area contributed by atoms with Crippen LogP contribution in [0.15, 0.2) is 12.3 Å². The van der Waals surface area contributed by atoms with Crippen LogP contribution in [0.1, 0.15) is 6.42 Å². The molecule has 10 heavy (non-hydrogen) atoms. The van der Waals surface area contributed by atoms with Gasteiger partial charge in [-0.25, -0.2) is 0 Å². The van der Waals surface area contributed by atoms with Crippen molar-refractivity contribution in [2.24, 2.45) is 0 Å². The number of aliphatic hydroxyl groups excluding tert-OH is 1. The number of halogens is 1. The van der Waals surface area contributed by atoms with Gasteiger partial charge >= 0.3 is 0 Å². The first-order valence-electron chi connectivity index (χ1n) is 2.77. The molecule has 5 heteroatoms. The van der Waals surface area contributed by atoms with E-state index in [1.165, 1.54) is 0 Å². The highest BCUT2D eigenvalue weighted by Gasteiger charge is 1.86. The number of allylic oxidation sites excluding steroid dienone is 1. The fourth-order valence-corrected chi connectivity index (χ4v) is 1.06. The second-order valence-electron chi connectivity index (χ2n) is 1.57. The standard InChI is InChI=1S/C5H10IN2OP/c6-10-8-3-1-5(7)2-4-9/h1,3,7-10H,2,4H2/b3-1-,7-5?. The average Bonchev–Trinajstić information content (AvgIpc) is 1.89. The molecule has 0 amide bonds. The topological polar surface area (TPSA) is 56.1 Å². The predicted molar refractivity (Wildman–Crippen MR) is 54.0 cm³/mol. The van der Waals surface area contributed by atoms with Gasteiger partial charge in [0.05, 0.1) is 0 Å². The van der Waals surface area contributed by atoms with Crippen molar-refractivity contribution >= 4 is 34.1 Å². The van der Waals surface area contributed by atoms with E-state index in [-0.39, 0.29) is 6.61 Å². The van der Waals surface area contributed by atoms with Crippen molar-refractivity contribution in [2.45, 2.75) is 6.42 Å². The Morgan fingerprint density at radius 3 is 3.00 bits per heavy atom. The lowest BCUT2D eigenvalue weighted by Gasteiger charge is -1.92. The first-order chi connectivity index (χ1) is 4.81. The summed E-state index contributed by atoms with van der Waals surface area (Å²) in [6.45, 7) is 0.0513. The summed E-state index contributed by atoms with van der Waals surface area (Å²) in [5, 5.41) is 18.5. The van der Waals surface area contributed by atoms with Crippen LogP contribution < -0.4 is 5.09 Å². The zero-order valence-corrected chi connectivity index (χ0v) is 8.55. The zero-order valence-electron chi connectivity index (χ0n) is 5.39. The number of hydrogen-bond acceptors (Lipinski definition) is 3. The maximum Gasteiger partial charge on any atom is 0.0486 e. The Morgan fingerprint density at radius 1 is 1.80 bits per heavy atom. The summed E-state index contributed by atoms with van der Waals surface area (Å²) in [6, 6.07) is 0. The molecule has 3 N–H and O–H groups in total. The molecule has 0 fully saturated rings. The molecule has 0 aromatic rings. The minimum absolute atomic E-state index is 0.0513. The third-order valence-corrected chi connectivity index (χ3v) is 2.01. The van der Waals surface area contributed by atoms with Crippen molar-refractivity contribution in [3.8, 4) is 0 Å². The van der Waals surface area contributed by atoms with Gasteiger partial charge in [0.25, 0.3) is 0 Å². The van der Waals surface area contributed by atoms with E-state index in [9.17, 15) is 0 Å². The van der Waals surface area contributed by atoms with E-state index < -0.39 is 0 Å². The fraction of sp³-hybridized carbons (Fsp3) is 0.400. The summed E-state index contributed by atoms with van der Waals surface area (Å²) in [5.74, 6) is 0. The quantitative estimate of drug-likeness (QED) is 0.403. The number of hydrogen-bond donors (Lipinski definition) is 3. The van der Waals surface area contributed by atoms with Crippen LogP contribution >= 0.6 is 28.4 Å². The molecule has 0 saturated heterocycles. The van der Waals surface area contributed by atoms with Crippen molar-refractivity contribution in [1.29, 1.82) is 5.41 Å². The molecule has 0 aliphatic heterocycles. The Morgan fingerprint density at radius 2 is 2.50 bits per heavy atom. The van der Waals surface area contributed by atoms with E-state index in [2.05, 4.69) is 27.1 Å². The molecule has 0 aromatic carbocycles. The Balaban J connectivity index is 3.36. The minimum atomic E-state index is 0.0513. The van der Waals surface area contributed by atoms with Gasteiger partial charge in [0, 0.05) is 31.3 Å². The summed E-state index contributed by atoms with van der Waals surface area (Å²) in [6.07, 6.45) is 4.45. The molecule has 0 aliphatic carbocycles. The van der Waals surface area contributed by atoms with Gasteiger partial charge in [0.1, 0.15) is 0 Å². The van der Waals surface area contributed by atoms with Crippen molar-refractivity contribution in [1.82, 2.24) is 5.09 Å². The average molecular weight is 272 g/mol. The monoisotopic (exact) mass is 272 g/mol. The second kappa shape index (κ2) is 7.44. The molecule has 0 saturated carbocycles. The maximum atomic E-state index is 8.40. The normalized spacial score (nSPS) is 11.4. The van der Waals surface area contributed by atoms with Crippen molar-refractivity contribution in [3.63, 3.8) is 0 Å². The number of aliphatic hydroxyl groups is 1. The summed E-state index contributed by atoms with van der Waals surface area (Å²) in [4.78, 5) is 0. The first kappa shape index (κ1) is 10.3. The van der Waals surface area contributed by atoms with Crippen LogP contribution in [0.5, 0.6) is 0 Å². The van der Waals surface area contributed by atoms with Crippen molar-refractivity contribution in [2.75, 3.05) is 6.61 Å². The molecule has 3 nitrogen and oxygen atoms in total. The van der Waals surface area contributed by atoms with Gasteiger partial charge in [-0.3, -0.25) is 0 Å². The fourth-order valence-electron chi connectivity index (χ4n) is 0.378. The molecule has 0 aliphatic rings. The molecular weight excluding hydrogens is 262 g/mol. The van der Waals surface area contributed by atoms with Crippen LogP contribution in [-0.4, -0.2) is 17.4 Å².